The van der Waals surface area contributed by atoms with E-state index in [9.17, 15) is 4.79 Å². The zero-order valence-electron chi connectivity index (χ0n) is 14.2. The Bertz CT molecular complexity index is 850. The molecular weight excluding hydrogens is 350 g/mol. The molecule has 0 bridgehead atoms. The van der Waals surface area contributed by atoms with Crippen molar-refractivity contribution in [2.75, 3.05) is 18.4 Å². The molecule has 9 heteroatoms. The Balaban J connectivity index is 1.39. The number of nitrogens with zero attached hydrogens (tertiary/aromatic N) is 6. The second kappa shape index (κ2) is 7.71. The lowest BCUT2D eigenvalue weighted by Crippen LogP contribution is -2.40. The fourth-order valence-corrected chi connectivity index (χ4v) is 3.84. The number of likely N-dealkylation sites (tertiary alicyclic amines) is 1. The molecule has 1 aliphatic heterocycles. The van der Waals surface area contributed by atoms with E-state index in [0.29, 0.717) is 0 Å². The van der Waals surface area contributed by atoms with Crippen molar-refractivity contribution in [2.45, 2.75) is 19.4 Å². The quantitative estimate of drug-likeness (QED) is 0.740. The predicted octanol–water partition coefficient (Wildman–Crippen LogP) is 1.97. The number of carbonyl (C=O) groups excluding carboxylic acids is 1. The van der Waals surface area contributed by atoms with Gasteiger partial charge in [0.25, 0.3) is 0 Å². The molecule has 3 heterocycles. The molecule has 1 N–H and O–H groups in total. The lowest BCUT2D eigenvalue weighted by Gasteiger charge is -2.31. The molecule has 0 saturated carbocycles. The fraction of sp³-hybridized carbons (Fsp3) is 0.353. The van der Waals surface area contributed by atoms with Crippen LogP contribution in [0.3, 0.4) is 0 Å². The van der Waals surface area contributed by atoms with Crippen LogP contribution in [0.5, 0.6) is 0 Å². The Morgan fingerprint density at radius 2 is 2.35 bits per heavy atom. The summed E-state index contributed by atoms with van der Waals surface area (Å²) < 4.78 is 1.56. The van der Waals surface area contributed by atoms with Crippen LogP contribution >= 0.6 is 11.3 Å². The van der Waals surface area contributed by atoms with Crippen molar-refractivity contribution in [3.05, 3.63) is 47.2 Å². The number of thiazole rings is 1. The first kappa shape index (κ1) is 16.8. The average Bonchev–Trinajstić information content (AvgIpc) is 3.36. The van der Waals surface area contributed by atoms with Gasteiger partial charge in [-0.2, -0.15) is 0 Å². The molecule has 1 fully saturated rings. The number of hydrogen-bond donors (Lipinski definition) is 1. The standard InChI is InChI=1S/C17H19N7OS/c25-17(13-3-2-7-23(10-13)11-16-18-6-8-26-16)20-14-4-1-5-15(9-14)24-12-19-21-22-24/h1,4-6,8-9,12-13H,2-3,7,10-11H2,(H,20,25). The molecule has 2 aromatic heterocycles. The second-order valence-electron chi connectivity index (χ2n) is 6.29. The molecule has 1 aliphatic rings. The van der Waals surface area contributed by atoms with E-state index in [4.69, 9.17) is 0 Å². The maximum absolute atomic E-state index is 12.7. The molecule has 134 valence electrons. The highest BCUT2D eigenvalue weighted by Gasteiger charge is 2.26. The SMILES string of the molecule is O=C(Nc1cccc(-n2cnnn2)c1)C1CCCN(Cc2nccs2)C1. The van der Waals surface area contributed by atoms with E-state index in [1.54, 1.807) is 16.0 Å². The second-order valence-corrected chi connectivity index (χ2v) is 7.27. The van der Waals surface area contributed by atoms with Crippen molar-refractivity contribution in [1.82, 2.24) is 30.1 Å². The third-order valence-corrected chi connectivity index (χ3v) is 5.21. The zero-order valence-corrected chi connectivity index (χ0v) is 15.0. The number of rotatable bonds is 5. The van der Waals surface area contributed by atoms with Gasteiger partial charge in [-0.15, -0.1) is 16.4 Å². The molecule has 1 unspecified atom stereocenters. The summed E-state index contributed by atoms with van der Waals surface area (Å²) in [5.41, 5.74) is 1.56. The van der Waals surface area contributed by atoms with E-state index in [1.807, 2.05) is 35.8 Å². The minimum Gasteiger partial charge on any atom is -0.326 e. The summed E-state index contributed by atoms with van der Waals surface area (Å²) in [6, 6.07) is 7.51. The smallest absolute Gasteiger partial charge is 0.228 e. The predicted molar refractivity (Wildman–Crippen MR) is 97.9 cm³/mol. The van der Waals surface area contributed by atoms with Crippen LogP contribution in [0.2, 0.25) is 0 Å². The first-order valence-electron chi connectivity index (χ1n) is 8.53. The van der Waals surface area contributed by atoms with Crippen LogP contribution < -0.4 is 5.32 Å². The molecule has 4 rings (SSSR count). The first-order chi connectivity index (χ1) is 12.8. The van der Waals surface area contributed by atoms with Gasteiger partial charge in [-0.3, -0.25) is 9.69 Å². The van der Waals surface area contributed by atoms with E-state index < -0.39 is 0 Å². The maximum atomic E-state index is 12.7. The van der Waals surface area contributed by atoms with Gasteiger partial charge in [0.1, 0.15) is 11.3 Å². The largest absolute Gasteiger partial charge is 0.326 e. The van der Waals surface area contributed by atoms with Crippen LogP contribution in [-0.4, -0.2) is 49.1 Å². The third-order valence-electron chi connectivity index (χ3n) is 4.45. The van der Waals surface area contributed by atoms with Crippen LogP contribution in [0.4, 0.5) is 5.69 Å². The molecule has 26 heavy (non-hydrogen) atoms. The molecule has 8 nitrogen and oxygen atoms in total. The van der Waals surface area contributed by atoms with Gasteiger partial charge in [0.2, 0.25) is 5.91 Å². The summed E-state index contributed by atoms with van der Waals surface area (Å²) in [6.07, 6.45) is 5.28. The Morgan fingerprint density at radius 3 is 3.15 bits per heavy atom. The Kier molecular flexibility index (Phi) is 4.98. The third kappa shape index (κ3) is 3.94. The number of anilines is 1. The number of piperidine rings is 1. The molecule has 0 radical (unpaired) electrons. The molecule has 1 amide bonds. The Morgan fingerprint density at radius 1 is 1.38 bits per heavy atom. The van der Waals surface area contributed by atoms with Crippen LogP contribution in [0.1, 0.15) is 17.8 Å². The number of amides is 1. The number of hydrogen-bond acceptors (Lipinski definition) is 7. The minimum atomic E-state index is -0.0135. The summed E-state index contributed by atoms with van der Waals surface area (Å²) in [5, 5.41) is 17.3. The van der Waals surface area contributed by atoms with Crippen molar-refractivity contribution in [1.29, 1.82) is 0 Å². The summed E-state index contributed by atoms with van der Waals surface area (Å²) in [7, 11) is 0. The average molecular weight is 369 g/mol. The van der Waals surface area contributed by atoms with Crippen molar-refractivity contribution < 1.29 is 4.79 Å². The highest BCUT2D eigenvalue weighted by atomic mass is 32.1. The molecule has 0 spiro atoms. The molecule has 1 saturated heterocycles. The number of benzene rings is 1. The summed E-state index contributed by atoms with van der Waals surface area (Å²) in [5.74, 6) is 0.0445. The molecule has 3 aromatic rings. The van der Waals surface area contributed by atoms with Gasteiger partial charge in [-0.05, 0) is 48.0 Å². The van der Waals surface area contributed by atoms with E-state index in [-0.39, 0.29) is 11.8 Å². The minimum absolute atomic E-state index is 0.0135. The van der Waals surface area contributed by atoms with Crippen LogP contribution in [0, 0.1) is 5.92 Å². The van der Waals surface area contributed by atoms with Crippen LogP contribution in [0.25, 0.3) is 5.69 Å². The van der Waals surface area contributed by atoms with E-state index in [1.165, 1.54) is 6.33 Å². The van der Waals surface area contributed by atoms with Crippen LogP contribution in [0.15, 0.2) is 42.2 Å². The summed E-state index contributed by atoms with van der Waals surface area (Å²) in [4.78, 5) is 19.4. The molecule has 1 atom stereocenters. The van der Waals surface area contributed by atoms with Gasteiger partial charge in [0, 0.05) is 23.8 Å². The van der Waals surface area contributed by atoms with Gasteiger partial charge in [0.15, 0.2) is 0 Å². The molecule has 1 aromatic carbocycles. The van der Waals surface area contributed by atoms with Crippen LogP contribution in [-0.2, 0) is 11.3 Å². The summed E-state index contributed by atoms with van der Waals surface area (Å²) >= 11 is 1.66. The molecular formula is C17H19N7OS. The van der Waals surface area contributed by atoms with E-state index >= 15 is 0 Å². The lowest BCUT2D eigenvalue weighted by molar-refractivity contribution is -0.121. The highest BCUT2D eigenvalue weighted by molar-refractivity contribution is 7.09. The normalized spacial score (nSPS) is 17.9. The van der Waals surface area contributed by atoms with Crippen molar-refractivity contribution in [2.24, 2.45) is 5.92 Å². The number of tetrazole rings is 1. The number of carbonyl (C=O) groups is 1. The van der Waals surface area contributed by atoms with Gasteiger partial charge in [0.05, 0.1) is 18.2 Å². The van der Waals surface area contributed by atoms with E-state index in [2.05, 4.69) is 30.7 Å². The fourth-order valence-electron chi connectivity index (χ4n) is 3.19. The van der Waals surface area contributed by atoms with Gasteiger partial charge < -0.3 is 5.32 Å². The Labute approximate surface area is 154 Å². The van der Waals surface area contributed by atoms with E-state index in [0.717, 1.165) is 48.9 Å². The van der Waals surface area contributed by atoms with Gasteiger partial charge in [-0.25, -0.2) is 9.67 Å². The maximum Gasteiger partial charge on any atom is 0.228 e. The zero-order chi connectivity index (χ0) is 17.8. The van der Waals surface area contributed by atoms with Crippen molar-refractivity contribution in [3.8, 4) is 5.69 Å². The Hall–Kier alpha value is -2.65. The van der Waals surface area contributed by atoms with Crippen molar-refractivity contribution in [3.63, 3.8) is 0 Å². The highest BCUT2D eigenvalue weighted by Crippen LogP contribution is 2.21. The first-order valence-corrected chi connectivity index (χ1v) is 9.41. The topological polar surface area (TPSA) is 88.8 Å². The van der Waals surface area contributed by atoms with Crippen molar-refractivity contribution >= 4 is 22.9 Å². The monoisotopic (exact) mass is 369 g/mol. The van der Waals surface area contributed by atoms with Gasteiger partial charge in [-0.1, -0.05) is 6.07 Å². The molecule has 0 aliphatic carbocycles. The van der Waals surface area contributed by atoms with Gasteiger partial charge >= 0.3 is 0 Å². The number of aromatic nitrogens is 5. The summed E-state index contributed by atoms with van der Waals surface area (Å²) in [6.45, 7) is 2.59. The number of nitrogens with one attached hydrogen (secondary N) is 1. The lowest BCUT2D eigenvalue weighted by atomic mass is 9.97.